The number of pyridine rings is 1. The van der Waals surface area contributed by atoms with Gasteiger partial charge in [0, 0.05) is 23.3 Å². The van der Waals surface area contributed by atoms with Crippen LogP contribution in [0.2, 0.25) is 0 Å². The van der Waals surface area contributed by atoms with Crippen LogP contribution in [-0.2, 0) is 4.74 Å². The van der Waals surface area contributed by atoms with Crippen LogP contribution >= 0.6 is 11.3 Å². The monoisotopic (exact) mass is 417 g/mol. The Kier molecular flexibility index (Phi) is 5.76. The molecule has 7 nitrogen and oxygen atoms in total. The van der Waals surface area contributed by atoms with Gasteiger partial charge in [-0.3, -0.25) is 4.98 Å². The molecule has 0 bridgehead atoms. The van der Waals surface area contributed by atoms with Crippen LogP contribution in [0.25, 0.3) is 22.8 Å². The molecule has 8 heteroatoms. The molecule has 0 saturated heterocycles. The number of nitrogens with zero attached hydrogens (tertiary/aromatic N) is 4. The second kappa shape index (κ2) is 8.79. The summed E-state index contributed by atoms with van der Waals surface area (Å²) in [6, 6.07) is 13.5. The molecule has 0 unspecified atom stereocenters. The summed E-state index contributed by atoms with van der Waals surface area (Å²) >= 11 is 1.40. The lowest BCUT2D eigenvalue weighted by molar-refractivity contribution is 0.0526. The molecule has 3 aromatic heterocycles. The molecule has 0 aliphatic heterocycles. The second-order valence-electron chi connectivity index (χ2n) is 6.42. The van der Waals surface area contributed by atoms with E-state index < -0.39 is 5.97 Å². The molecule has 4 rings (SSSR count). The Morgan fingerprint density at radius 3 is 2.77 bits per heavy atom. The summed E-state index contributed by atoms with van der Waals surface area (Å²) in [5.74, 6) is 0.370. The Labute approximate surface area is 177 Å². The third-order valence-corrected chi connectivity index (χ3v) is 4.97. The molecule has 4 aromatic rings. The van der Waals surface area contributed by atoms with Gasteiger partial charge >= 0.3 is 5.97 Å². The number of nitrogens with one attached hydrogen (secondary N) is 1. The van der Waals surface area contributed by atoms with Gasteiger partial charge in [-0.1, -0.05) is 29.8 Å². The number of rotatable bonds is 6. The zero-order valence-corrected chi connectivity index (χ0v) is 17.3. The lowest BCUT2D eigenvalue weighted by atomic mass is 10.1. The van der Waals surface area contributed by atoms with Crippen LogP contribution in [0.5, 0.6) is 0 Å². The van der Waals surface area contributed by atoms with Crippen LogP contribution in [-0.4, -0.2) is 32.5 Å². The fourth-order valence-electron chi connectivity index (χ4n) is 2.82. The van der Waals surface area contributed by atoms with Crippen LogP contribution in [0.3, 0.4) is 0 Å². The first-order valence-electron chi connectivity index (χ1n) is 9.39. The van der Waals surface area contributed by atoms with E-state index >= 15 is 0 Å². The van der Waals surface area contributed by atoms with Crippen LogP contribution in [0.15, 0.2) is 60.2 Å². The van der Waals surface area contributed by atoms with Crippen molar-refractivity contribution in [3.05, 3.63) is 71.4 Å². The fourth-order valence-corrected chi connectivity index (χ4v) is 3.53. The number of hydrogen-bond acceptors (Lipinski definition) is 8. The van der Waals surface area contributed by atoms with Crippen LogP contribution in [0.4, 0.5) is 10.9 Å². The lowest BCUT2D eigenvalue weighted by Gasteiger charge is -2.10. The molecule has 0 saturated carbocycles. The number of anilines is 2. The highest BCUT2D eigenvalue weighted by Gasteiger charge is 2.18. The zero-order chi connectivity index (χ0) is 20.9. The summed E-state index contributed by atoms with van der Waals surface area (Å²) in [7, 11) is 0. The molecule has 1 N–H and O–H groups in total. The number of ether oxygens (including phenoxy) is 1. The van der Waals surface area contributed by atoms with Crippen molar-refractivity contribution in [2.75, 3.05) is 11.9 Å². The molecule has 0 atom stereocenters. The van der Waals surface area contributed by atoms with Gasteiger partial charge in [-0.15, -0.1) is 11.3 Å². The summed E-state index contributed by atoms with van der Waals surface area (Å²) in [5.41, 5.74) is 3.73. The molecule has 0 spiro atoms. The predicted molar refractivity (Wildman–Crippen MR) is 117 cm³/mol. The summed E-state index contributed by atoms with van der Waals surface area (Å²) in [5, 5.41) is 5.65. The Hall–Kier alpha value is -3.65. The van der Waals surface area contributed by atoms with E-state index in [1.807, 2.05) is 54.8 Å². The maximum Gasteiger partial charge on any atom is 0.343 e. The van der Waals surface area contributed by atoms with E-state index in [9.17, 15) is 4.79 Å². The van der Waals surface area contributed by atoms with Gasteiger partial charge < -0.3 is 10.1 Å². The van der Waals surface area contributed by atoms with Crippen molar-refractivity contribution >= 4 is 28.3 Å². The number of aromatic nitrogens is 4. The molecule has 1 aromatic carbocycles. The van der Waals surface area contributed by atoms with E-state index in [2.05, 4.69) is 25.3 Å². The minimum atomic E-state index is -0.489. The van der Waals surface area contributed by atoms with Gasteiger partial charge in [0.1, 0.15) is 11.3 Å². The Bertz CT molecular complexity index is 1180. The van der Waals surface area contributed by atoms with Gasteiger partial charge in [-0.25, -0.2) is 19.7 Å². The number of esters is 1. The van der Waals surface area contributed by atoms with Crippen LogP contribution in [0.1, 0.15) is 22.8 Å². The largest absolute Gasteiger partial charge is 0.462 e. The van der Waals surface area contributed by atoms with Crippen LogP contribution in [0, 0.1) is 6.92 Å². The van der Waals surface area contributed by atoms with Gasteiger partial charge in [0.2, 0.25) is 0 Å². The first-order valence-corrected chi connectivity index (χ1v) is 10.3. The van der Waals surface area contributed by atoms with Crippen molar-refractivity contribution in [3.63, 3.8) is 0 Å². The molecule has 0 radical (unpaired) electrons. The van der Waals surface area contributed by atoms with E-state index in [1.54, 1.807) is 13.1 Å². The van der Waals surface area contributed by atoms with E-state index in [0.717, 1.165) is 22.5 Å². The van der Waals surface area contributed by atoms with Gasteiger partial charge in [0.05, 0.1) is 12.3 Å². The number of carbonyl (C=O) groups is 1. The first-order chi connectivity index (χ1) is 14.6. The smallest absolute Gasteiger partial charge is 0.343 e. The number of thiazole rings is 1. The third kappa shape index (κ3) is 4.33. The van der Waals surface area contributed by atoms with Crippen LogP contribution < -0.4 is 5.32 Å². The molecule has 30 heavy (non-hydrogen) atoms. The maximum atomic E-state index is 12.4. The zero-order valence-electron chi connectivity index (χ0n) is 16.5. The molecule has 0 fully saturated rings. The topological polar surface area (TPSA) is 89.9 Å². The molecule has 0 aliphatic rings. The van der Waals surface area contributed by atoms with Gasteiger partial charge in [-0.05, 0) is 32.0 Å². The van der Waals surface area contributed by atoms with Crippen molar-refractivity contribution in [1.29, 1.82) is 0 Å². The molecule has 150 valence electrons. The van der Waals surface area contributed by atoms with E-state index in [4.69, 9.17) is 4.74 Å². The van der Waals surface area contributed by atoms with Gasteiger partial charge in [0.25, 0.3) is 0 Å². The van der Waals surface area contributed by atoms with Gasteiger partial charge in [-0.2, -0.15) is 0 Å². The van der Waals surface area contributed by atoms with Crippen molar-refractivity contribution < 1.29 is 9.53 Å². The Balaban J connectivity index is 1.70. The number of aryl methyl sites for hydroxylation is 1. The predicted octanol–water partition coefficient (Wildman–Crippen LogP) is 4.89. The maximum absolute atomic E-state index is 12.4. The number of benzene rings is 1. The standard InChI is InChI=1S/C22H19N5O2S/c1-3-29-21(28)16-12-24-19(15-8-6-7-14(2)11-15)26-20(16)27-22-25-18(13-30-22)17-9-4-5-10-23-17/h4-13H,3H2,1-2H3,(H,24,25,26,27). The quantitative estimate of drug-likeness (QED) is 0.447. The highest BCUT2D eigenvalue weighted by molar-refractivity contribution is 7.14. The third-order valence-electron chi connectivity index (χ3n) is 4.22. The lowest BCUT2D eigenvalue weighted by Crippen LogP contribution is -2.11. The number of carbonyl (C=O) groups excluding carboxylic acids is 1. The van der Waals surface area contributed by atoms with Gasteiger partial charge in [0.15, 0.2) is 16.8 Å². The molecular formula is C22H19N5O2S. The highest BCUT2D eigenvalue weighted by Crippen LogP contribution is 2.28. The minimum Gasteiger partial charge on any atom is -0.462 e. The molecule has 0 aliphatic carbocycles. The molecular weight excluding hydrogens is 398 g/mol. The fraction of sp³-hybridized carbons (Fsp3) is 0.136. The SMILES string of the molecule is CCOC(=O)c1cnc(-c2cccc(C)c2)nc1Nc1nc(-c2ccccn2)cs1. The average Bonchev–Trinajstić information content (AvgIpc) is 3.23. The minimum absolute atomic E-state index is 0.253. The van der Waals surface area contributed by atoms with Crippen molar-refractivity contribution in [1.82, 2.24) is 19.9 Å². The van der Waals surface area contributed by atoms with Crippen molar-refractivity contribution in [2.24, 2.45) is 0 Å². The second-order valence-corrected chi connectivity index (χ2v) is 7.28. The Morgan fingerprint density at radius 1 is 1.10 bits per heavy atom. The van der Waals surface area contributed by atoms with E-state index in [0.29, 0.717) is 16.8 Å². The molecule has 0 amide bonds. The van der Waals surface area contributed by atoms with E-state index in [-0.39, 0.29) is 12.2 Å². The molecule has 3 heterocycles. The summed E-state index contributed by atoms with van der Waals surface area (Å²) < 4.78 is 5.16. The summed E-state index contributed by atoms with van der Waals surface area (Å²) in [6.45, 7) is 4.02. The number of hydrogen-bond donors (Lipinski definition) is 1. The average molecular weight is 417 g/mol. The van der Waals surface area contributed by atoms with Crippen molar-refractivity contribution in [3.8, 4) is 22.8 Å². The summed E-state index contributed by atoms with van der Waals surface area (Å²) in [4.78, 5) is 30.3. The Morgan fingerprint density at radius 2 is 2.00 bits per heavy atom. The highest BCUT2D eigenvalue weighted by atomic mass is 32.1. The summed E-state index contributed by atoms with van der Waals surface area (Å²) in [6.07, 6.45) is 3.21. The van der Waals surface area contributed by atoms with Crippen molar-refractivity contribution in [2.45, 2.75) is 13.8 Å². The van der Waals surface area contributed by atoms with E-state index in [1.165, 1.54) is 17.5 Å². The normalized spacial score (nSPS) is 10.6. The first kappa shape index (κ1) is 19.7.